The number of amides is 1. The summed E-state index contributed by atoms with van der Waals surface area (Å²) in [7, 11) is 0. The third-order valence-corrected chi connectivity index (χ3v) is 6.82. The zero-order valence-electron chi connectivity index (χ0n) is 19.5. The van der Waals surface area contributed by atoms with Gasteiger partial charge in [-0.2, -0.15) is 8.78 Å². The molecule has 192 valence electrons. The lowest BCUT2D eigenvalue weighted by Crippen LogP contribution is -2.51. The van der Waals surface area contributed by atoms with Gasteiger partial charge >= 0.3 is 5.92 Å². The summed E-state index contributed by atoms with van der Waals surface area (Å²) in [6.45, 7) is 2.54. The number of ether oxygens (including phenoxy) is 2. The number of carbonyl (C=O) groups is 1. The number of hydrogen-bond acceptors (Lipinski definition) is 6. The Morgan fingerprint density at radius 2 is 1.81 bits per heavy atom. The number of likely N-dealkylation sites (tertiary alicyclic amines) is 1. The number of aliphatic hydroxyl groups excluding tert-OH is 1. The minimum Gasteiger partial charge on any atom is -0.486 e. The number of furan rings is 1. The topological polar surface area (TPSA) is 84.2 Å². The van der Waals surface area contributed by atoms with Crippen LogP contribution in [0.5, 0.6) is 11.5 Å². The van der Waals surface area contributed by atoms with E-state index in [9.17, 15) is 9.90 Å². The summed E-state index contributed by atoms with van der Waals surface area (Å²) in [4.78, 5) is 15.0. The van der Waals surface area contributed by atoms with Crippen LogP contribution in [0.4, 0.5) is 8.78 Å². The van der Waals surface area contributed by atoms with Crippen molar-refractivity contribution < 1.29 is 32.6 Å². The second kappa shape index (κ2) is 10.2. The molecule has 2 aliphatic rings. The number of hydrogen-bond donors (Lipinski definition) is 2. The molecule has 0 bridgehead atoms. The van der Waals surface area contributed by atoms with Gasteiger partial charge < -0.3 is 29.2 Å². The van der Waals surface area contributed by atoms with Gasteiger partial charge in [-0.3, -0.25) is 4.79 Å². The first-order valence-electron chi connectivity index (χ1n) is 12.0. The average molecular weight is 521 g/mol. The highest BCUT2D eigenvalue weighted by molar-refractivity contribution is 6.31. The second-order valence-electron chi connectivity index (χ2n) is 9.16. The summed E-state index contributed by atoms with van der Waals surface area (Å²) in [5, 5.41) is 14.4. The summed E-state index contributed by atoms with van der Waals surface area (Å²) in [5.74, 6) is -5.29. The quantitative estimate of drug-likeness (QED) is 0.472. The molecule has 3 aromatic rings. The van der Waals surface area contributed by atoms with Gasteiger partial charge in [0.15, 0.2) is 17.3 Å². The molecule has 2 N–H and O–H groups in total. The van der Waals surface area contributed by atoms with E-state index in [1.165, 1.54) is 18.2 Å². The van der Waals surface area contributed by atoms with E-state index in [0.717, 1.165) is 38.4 Å². The molecule has 2 aliphatic heterocycles. The number of aliphatic hydroxyl groups is 1. The lowest BCUT2D eigenvalue weighted by molar-refractivity contribution is -0.151. The highest BCUT2D eigenvalue weighted by atomic mass is 35.5. The zero-order valence-corrected chi connectivity index (χ0v) is 20.3. The van der Waals surface area contributed by atoms with Crippen LogP contribution in [0.1, 0.15) is 36.7 Å². The van der Waals surface area contributed by atoms with Crippen molar-refractivity contribution in [2.24, 2.45) is 0 Å². The Labute approximate surface area is 211 Å². The molecule has 0 unspecified atom stereocenters. The molecule has 3 heterocycles. The number of alkyl halides is 2. The number of piperidine rings is 1. The number of halogens is 3. The molecule has 10 heteroatoms. The minimum atomic E-state index is -3.96. The molecule has 1 fully saturated rings. The molecule has 5 rings (SSSR count). The largest absolute Gasteiger partial charge is 0.486 e. The van der Waals surface area contributed by atoms with Gasteiger partial charge in [0.1, 0.15) is 24.9 Å². The van der Waals surface area contributed by atoms with Crippen molar-refractivity contribution in [1.29, 1.82) is 0 Å². The van der Waals surface area contributed by atoms with Crippen molar-refractivity contribution >= 4 is 28.5 Å². The molecule has 2 atom stereocenters. The van der Waals surface area contributed by atoms with E-state index in [0.29, 0.717) is 40.7 Å². The van der Waals surface area contributed by atoms with Crippen LogP contribution >= 0.6 is 11.6 Å². The summed E-state index contributed by atoms with van der Waals surface area (Å²) in [6, 6.07) is 9.53. The van der Waals surface area contributed by atoms with Crippen molar-refractivity contribution in [2.45, 2.75) is 37.3 Å². The molecule has 36 heavy (non-hydrogen) atoms. The van der Waals surface area contributed by atoms with Gasteiger partial charge in [0.25, 0.3) is 5.91 Å². The van der Waals surface area contributed by atoms with Crippen LogP contribution in [0.25, 0.3) is 11.0 Å². The Hall–Kier alpha value is -2.88. The van der Waals surface area contributed by atoms with Crippen LogP contribution < -0.4 is 14.8 Å². The number of nitrogens with one attached hydrogen (secondary N) is 1. The van der Waals surface area contributed by atoms with Crippen molar-refractivity contribution in [3.8, 4) is 11.5 Å². The molecule has 1 amide bonds. The maximum Gasteiger partial charge on any atom is 0.380 e. The Morgan fingerprint density at radius 1 is 1.06 bits per heavy atom. The van der Waals surface area contributed by atoms with Gasteiger partial charge in [-0.15, -0.1) is 0 Å². The lowest BCUT2D eigenvalue weighted by Gasteiger charge is -2.34. The zero-order chi connectivity index (χ0) is 25.3. The molecule has 0 spiro atoms. The Morgan fingerprint density at radius 3 is 2.58 bits per heavy atom. The summed E-state index contributed by atoms with van der Waals surface area (Å²) in [5.41, 5.74) is 0.631. The average Bonchev–Trinajstić information content (AvgIpc) is 3.32. The molecule has 0 radical (unpaired) electrons. The molecule has 1 aromatic heterocycles. The van der Waals surface area contributed by atoms with Crippen LogP contribution in [0.2, 0.25) is 5.02 Å². The smallest absolute Gasteiger partial charge is 0.380 e. The van der Waals surface area contributed by atoms with Gasteiger partial charge in [-0.1, -0.05) is 24.1 Å². The third kappa shape index (κ3) is 5.14. The first kappa shape index (κ1) is 24.8. The van der Waals surface area contributed by atoms with Gasteiger partial charge in [0.2, 0.25) is 0 Å². The number of nitrogens with zero attached hydrogens (tertiary/aromatic N) is 1. The molecule has 2 aromatic carbocycles. The van der Waals surface area contributed by atoms with E-state index >= 15 is 8.78 Å². The van der Waals surface area contributed by atoms with E-state index in [-0.39, 0.29) is 12.1 Å². The van der Waals surface area contributed by atoms with Gasteiger partial charge in [0.05, 0.1) is 6.04 Å². The van der Waals surface area contributed by atoms with Gasteiger partial charge in [-0.25, -0.2) is 0 Å². The SMILES string of the molecule is O=C(N[C@H](CN1CCCCC1)[C@H](O)c1ccc2c(c1)OCCO2)C(F)(F)c1cc2cc(Cl)ccc2o1. The fraction of sp³-hybridized carbons (Fsp3) is 0.423. The normalized spacial score (nSPS) is 18.1. The fourth-order valence-corrected chi connectivity index (χ4v) is 4.84. The highest BCUT2D eigenvalue weighted by Crippen LogP contribution is 2.36. The van der Waals surface area contributed by atoms with E-state index in [1.54, 1.807) is 18.2 Å². The van der Waals surface area contributed by atoms with E-state index in [1.807, 2.05) is 0 Å². The minimum absolute atomic E-state index is 0.197. The van der Waals surface area contributed by atoms with Crippen molar-refractivity contribution in [3.63, 3.8) is 0 Å². The Kier molecular flexibility index (Phi) is 7.05. The van der Waals surface area contributed by atoms with E-state index in [4.69, 9.17) is 25.5 Å². The molecule has 0 saturated carbocycles. The van der Waals surface area contributed by atoms with Crippen LogP contribution in [0, 0.1) is 0 Å². The molecular formula is C26H27ClF2N2O5. The molecular weight excluding hydrogens is 494 g/mol. The predicted molar refractivity (Wildman–Crippen MR) is 130 cm³/mol. The number of benzene rings is 2. The monoisotopic (exact) mass is 520 g/mol. The second-order valence-corrected chi connectivity index (χ2v) is 9.59. The van der Waals surface area contributed by atoms with Crippen molar-refractivity contribution in [3.05, 3.63) is 58.8 Å². The lowest BCUT2D eigenvalue weighted by atomic mass is 9.99. The predicted octanol–water partition coefficient (Wildman–Crippen LogP) is 4.65. The summed E-state index contributed by atoms with van der Waals surface area (Å²) in [6.07, 6.45) is 1.78. The summed E-state index contributed by atoms with van der Waals surface area (Å²) < 4.78 is 46.9. The first-order chi connectivity index (χ1) is 17.3. The number of rotatable bonds is 7. The Bertz CT molecular complexity index is 1240. The number of carbonyl (C=O) groups excluding carboxylic acids is 1. The fourth-order valence-electron chi connectivity index (χ4n) is 4.66. The Balaban J connectivity index is 1.39. The molecule has 1 saturated heterocycles. The van der Waals surface area contributed by atoms with Crippen molar-refractivity contribution in [2.75, 3.05) is 32.8 Å². The molecule has 7 nitrogen and oxygen atoms in total. The number of fused-ring (bicyclic) bond motifs is 2. The molecule has 0 aliphatic carbocycles. The third-order valence-electron chi connectivity index (χ3n) is 6.58. The van der Waals surface area contributed by atoms with Crippen LogP contribution in [0.15, 0.2) is 46.9 Å². The van der Waals surface area contributed by atoms with Crippen LogP contribution in [-0.2, 0) is 10.7 Å². The van der Waals surface area contributed by atoms with E-state index < -0.39 is 29.7 Å². The first-order valence-corrected chi connectivity index (χ1v) is 12.4. The summed E-state index contributed by atoms with van der Waals surface area (Å²) >= 11 is 5.95. The van der Waals surface area contributed by atoms with Crippen LogP contribution in [0.3, 0.4) is 0 Å². The van der Waals surface area contributed by atoms with E-state index in [2.05, 4.69) is 10.2 Å². The maximum atomic E-state index is 15.2. The maximum absolute atomic E-state index is 15.2. The highest BCUT2D eigenvalue weighted by Gasteiger charge is 2.46. The standard InChI is InChI=1S/C26H27ClF2N2O5/c27-18-5-7-20-17(12-18)14-23(36-20)26(28,29)25(33)30-19(15-31-8-2-1-3-9-31)24(32)16-4-6-21-22(13-16)35-11-10-34-21/h4-7,12-14,19,24,32H,1-3,8-11,15H2,(H,30,33)/t19-,24-/m1/s1. The van der Waals surface area contributed by atoms with Gasteiger partial charge in [-0.05, 0) is 67.9 Å². The van der Waals surface area contributed by atoms with Gasteiger partial charge in [0, 0.05) is 17.0 Å². The van der Waals surface area contributed by atoms with Crippen molar-refractivity contribution in [1.82, 2.24) is 10.2 Å². The van der Waals surface area contributed by atoms with Crippen LogP contribution in [-0.4, -0.2) is 54.8 Å².